The molecule has 1 amide bonds. The van der Waals surface area contributed by atoms with Crippen LogP contribution in [0.1, 0.15) is 21.5 Å². The minimum Gasteiger partial charge on any atom is -0.378 e. The van der Waals surface area contributed by atoms with Crippen LogP contribution >= 0.6 is 0 Å². The van der Waals surface area contributed by atoms with Crippen LogP contribution in [0.15, 0.2) is 36.5 Å². The molecule has 0 atom stereocenters. The monoisotopic (exact) mass is 322 g/mol. The second kappa shape index (κ2) is 8.02. The molecule has 1 aromatic heterocycles. The molecule has 0 unspecified atom stereocenters. The second-order valence-electron chi connectivity index (χ2n) is 5.68. The Bertz CT molecular complexity index is 745. The molecule has 2 rings (SSSR count). The van der Waals surface area contributed by atoms with Crippen molar-refractivity contribution in [2.24, 2.45) is 0 Å². The van der Waals surface area contributed by atoms with Crippen LogP contribution in [0.3, 0.4) is 0 Å². The van der Waals surface area contributed by atoms with E-state index in [1.807, 2.05) is 14.1 Å². The Morgan fingerprint density at radius 2 is 2.08 bits per heavy atom. The van der Waals surface area contributed by atoms with Crippen molar-refractivity contribution in [2.75, 3.05) is 30.9 Å². The van der Waals surface area contributed by atoms with Crippen LogP contribution in [0.2, 0.25) is 0 Å². The number of nitrogens with zero attached hydrogens (tertiary/aromatic N) is 2. The summed E-state index contributed by atoms with van der Waals surface area (Å²) >= 11 is 0. The number of hydrogen-bond acceptors (Lipinski definition) is 4. The minimum absolute atomic E-state index is 0.209. The van der Waals surface area contributed by atoms with Gasteiger partial charge in [-0.25, -0.2) is 4.98 Å². The van der Waals surface area contributed by atoms with Gasteiger partial charge in [-0.2, -0.15) is 0 Å². The normalized spacial score (nSPS) is 9.92. The van der Waals surface area contributed by atoms with Crippen molar-refractivity contribution in [3.8, 4) is 12.3 Å². The third kappa shape index (κ3) is 4.50. The van der Waals surface area contributed by atoms with Gasteiger partial charge >= 0.3 is 0 Å². The summed E-state index contributed by atoms with van der Waals surface area (Å²) in [7, 11) is 4.05. The molecule has 0 spiro atoms. The lowest BCUT2D eigenvalue weighted by molar-refractivity contribution is 0.0958. The van der Waals surface area contributed by atoms with Gasteiger partial charge in [-0.15, -0.1) is 6.42 Å². The maximum absolute atomic E-state index is 11.8. The molecule has 0 fully saturated rings. The molecule has 0 aliphatic heterocycles. The maximum Gasteiger partial charge on any atom is 0.253 e. The van der Waals surface area contributed by atoms with Crippen molar-refractivity contribution in [3.05, 3.63) is 53.2 Å². The summed E-state index contributed by atoms with van der Waals surface area (Å²) in [4.78, 5) is 18.1. The van der Waals surface area contributed by atoms with Gasteiger partial charge in [0, 0.05) is 32.5 Å². The highest BCUT2D eigenvalue weighted by molar-refractivity contribution is 5.94. The molecule has 0 aliphatic rings. The van der Waals surface area contributed by atoms with Crippen LogP contribution < -0.4 is 15.5 Å². The lowest BCUT2D eigenvalue weighted by atomic mass is 10.1. The second-order valence-corrected chi connectivity index (χ2v) is 5.68. The molecule has 0 saturated heterocycles. The zero-order chi connectivity index (χ0) is 17.5. The van der Waals surface area contributed by atoms with Gasteiger partial charge in [0.2, 0.25) is 0 Å². The first kappa shape index (κ1) is 17.4. The Balaban J connectivity index is 1.97. The standard InChI is InChI=1S/C19H22N4O/c1-5-10-20-19(24)16-7-9-18(22-13-16)21-12-15-6-8-17(23(3)4)11-14(15)2/h1,6-9,11,13H,10,12H2,2-4H3,(H,20,24)(H,21,22). The van der Waals surface area contributed by atoms with E-state index in [4.69, 9.17) is 6.42 Å². The highest BCUT2D eigenvalue weighted by Gasteiger charge is 2.06. The maximum atomic E-state index is 11.8. The smallest absolute Gasteiger partial charge is 0.253 e. The number of pyridine rings is 1. The van der Waals surface area contributed by atoms with Crippen LogP contribution in [-0.4, -0.2) is 31.5 Å². The van der Waals surface area contributed by atoms with Gasteiger partial charge < -0.3 is 15.5 Å². The summed E-state index contributed by atoms with van der Waals surface area (Å²) in [5.41, 5.74) is 4.09. The molecule has 1 aromatic carbocycles. The Hall–Kier alpha value is -3.00. The van der Waals surface area contributed by atoms with Gasteiger partial charge in [-0.1, -0.05) is 12.0 Å². The van der Waals surface area contributed by atoms with Crippen LogP contribution in [0.25, 0.3) is 0 Å². The molecule has 0 bridgehead atoms. The molecule has 0 saturated carbocycles. The van der Waals surface area contributed by atoms with E-state index < -0.39 is 0 Å². The number of rotatable bonds is 6. The molecule has 1 heterocycles. The summed E-state index contributed by atoms with van der Waals surface area (Å²) in [6, 6.07) is 9.87. The summed E-state index contributed by atoms with van der Waals surface area (Å²) in [6.07, 6.45) is 6.66. The number of benzene rings is 1. The Labute approximate surface area is 143 Å². The Kier molecular flexibility index (Phi) is 5.80. The topological polar surface area (TPSA) is 57.3 Å². The Morgan fingerprint density at radius 3 is 2.67 bits per heavy atom. The zero-order valence-electron chi connectivity index (χ0n) is 14.3. The van der Waals surface area contributed by atoms with Crippen molar-refractivity contribution in [1.82, 2.24) is 10.3 Å². The molecule has 5 heteroatoms. The van der Waals surface area contributed by atoms with Crippen LogP contribution in [0.5, 0.6) is 0 Å². The van der Waals surface area contributed by atoms with Crippen LogP contribution in [-0.2, 0) is 6.54 Å². The molecule has 124 valence electrons. The lowest BCUT2D eigenvalue weighted by Gasteiger charge is -2.15. The summed E-state index contributed by atoms with van der Waals surface area (Å²) in [6.45, 7) is 2.98. The number of nitrogens with one attached hydrogen (secondary N) is 2. The largest absolute Gasteiger partial charge is 0.378 e. The van der Waals surface area contributed by atoms with Crippen LogP contribution in [0, 0.1) is 19.3 Å². The summed E-state index contributed by atoms with van der Waals surface area (Å²) < 4.78 is 0. The number of hydrogen-bond donors (Lipinski definition) is 2. The first-order chi connectivity index (χ1) is 11.5. The van der Waals surface area contributed by atoms with Gasteiger partial charge in [-0.05, 0) is 42.3 Å². The van der Waals surface area contributed by atoms with Crippen molar-refractivity contribution >= 4 is 17.4 Å². The van der Waals surface area contributed by atoms with Crippen molar-refractivity contribution < 1.29 is 4.79 Å². The quantitative estimate of drug-likeness (QED) is 0.802. The van der Waals surface area contributed by atoms with Gasteiger partial charge in [-0.3, -0.25) is 4.79 Å². The van der Waals surface area contributed by atoms with Gasteiger partial charge in [0.1, 0.15) is 5.82 Å². The number of anilines is 2. The van der Waals surface area contributed by atoms with E-state index in [2.05, 4.69) is 51.6 Å². The predicted molar refractivity (Wildman–Crippen MR) is 98.2 cm³/mol. The number of aryl methyl sites for hydroxylation is 1. The molecule has 2 N–H and O–H groups in total. The number of carbonyl (C=O) groups is 1. The number of amides is 1. The van der Waals surface area contributed by atoms with Gasteiger partial charge in [0.15, 0.2) is 0 Å². The van der Waals surface area contributed by atoms with E-state index in [0.29, 0.717) is 12.1 Å². The van der Waals surface area contributed by atoms with E-state index in [-0.39, 0.29) is 12.5 Å². The third-order valence-electron chi connectivity index (χ3n) is 3.68. The average molecular weight is 322 g/mol. The first-order valence-corrected chi connectivity index (χ1v) is 7.69. The number of carbonyl (C=O) groups excluding carboxylic acids is 1. The average Bonchev–Trinajstić information content (AvgIpc) is 2.58. The van der Waals surface area contributed by atoms with E-state index in [9.17, 15) is 4.79 Å². The number of aromatic nitrogens is 1. The highest BCUT2D eigenvalue weighted by atomic mass is 16.1. The van der Waals surface area contributed by atoms with E-state index >= 15 is 0 Å². The fourth-order valence-electron chi connectivity index (χ4n) is 2.21. The first-order valence-electron chi connectivity index (χ1n) is 7.69. The molecule has 2 aromatic rings. The van der Waals surface area contributed by atoms with Gasteiger partial charge in [0.25, 0.3) is 5.91 Å². The Morgan fingerprint density at radius 1 is 1.29 bits per heavy atom. The molecular weight excluding hydrogens is 300 g/mol. The molecule has 0 aliphatic carbocycles. The molecule has 5 nitrogen and oxygen atoms in total. The third-order valence-corrected chi connectivity index (χ3v) is 3.68. The fraction of sp³-hybridized carbons (Fsp3) is 0.263. The number of terminal acetylenes is 1. The minimum atomic E-state index is -0.220. The van der Waals surface area contributed by atoms with Crippen molar-refractivity contribution in [3.63, 3.8) is 0 Å². The molecule has 24 heavy (non-hydrogen) atoms. The van der Waals surface area contributed by atoms with E-state index in [0.717, 1.165) is 5.82 Å². The SMILES string of the molecule is C#CCNC(=O)c1ccc(NCc2ccc(N(C)C)cc2C)nc1. The molecule has 0 radical (unpaired) electrons. The predicted octanol–water partition coefficient (Wildman–Crippen LogP) is 2.43. The summed E-state index contributed by atoms with van der Waals surface area (Å²) in [5, 5.41) is 5.88. The van der Waals surface area contributed by atoms with Crippen LogP contribution in [0.4, 0.5) is 11.5 Å². The summed E-state index contributed by atoms with van der Waals surface area (Å²) in [5.74, 6) is 2.87. The lowest BCUT2D eigenvalue weighted by Crippen LogP contribution is -2.23. The van der Waals surface area contributed by atoms with Crippen molar-refractivity contribution in [1.29, 1.82) is 0 Å². The highest BCUT2D eigenvalue weighted by Crippen LogP contribution is 2.18. The molecular formula is C19H22N4O. The zero-order valence-corrected chi connectivity index (χ0v) is 14.3. The van der Waals surface area contributed by atoms with E-state index in [1.54, 1.807) is 12.1 Å². The van der Waals surface area contributed by atoms with Gasteiger partial charge in [0.05, 0.1) is 12.1 Å². The fourth-order valence-corrected chi connectivity index (χ4v) is 2.21. The van der Waals surface area contributed by atoms with Crippen molar-refractivity contribution in [2.45, 2.75) is 13.5 Å². The van der Waals surface area contributed by atoms with E-state index in [1.165, 1.54) is 23.0 Å².